The van der Waals surface area contributed by atoms with Gasteiger partial charge in [0.15, 0.2) is 5.78 Å². The number of carbonyl (C=O) groups excluding carboxylic acids is 5. The summed E-state index contributed by atoms with van der Waals surface area (Å²) in [6, 6.07) is 20.7. The topological polar surface area (TPSA) is 101 Å². The Hall–Kier alpha value is -4.30. The molecule has 4 atom stereocenters. The Morgan fingerprint density at radius 3 is 2.02 bits per heavy atom. The van der Waals surface area contributed by atoms with E-state index >= 15 is 0 Å². The summed E-state index contributed by atoms with van der Waals surface area (Å²) in [4.78, 5) is 66.6. The Morgan fingerprint density at radius 2 is 1.40 bits per heavy atom. The van der Waals surface area contributed by atoms with E-state index in [2.05, 4.69) is 0 Å². The molecular weight excluding hydrogens is 532 g/mol. The lowest BCUT2D eigenvalue weighted by atomic mass is 9.81. The molecule has 3 aliphatic rings. The van der Waals surface area contributed by atoms with Gasteiger partial charge in [-0.2, -0.15) is 5.01 Å². The number of hydrogen-bond donors (Lipinski definition) is 0. The SMILES string of the molecule is O=C(CN(C(=O)c1ccccc1Cl)N1C(=O)[C@@H]2[C@H]3CC[C@@H](C3)[C@@H]2C1=O)c1ccc(OC(=O)c2ccccc2)cc1. The fourth-order valence-electron chi connectivity index (χ4n) is 6.31. The van der Waals surface area contributed by atoms with Crippen molar-refractivity contribution < 1.29 is 28.7 Å². The van der Waals surface area contributed by atoms with Crippen LogP contribution in [0, 0.1) is 23.7 Å². The maximum atomic E-state index is 13.7. The van der Waals surface area contributed by atoms with E-state index in [4.69, 9.17) is 16.3 Å². The van der Waals surface area contributed by atoms with E-state index in [-0.39, 0.29) is 33.7 Å². The van der Waals surface area contributed by atoms with Gasteiger partial charge in [-0.3, -0.25) is 19.2 Å². The molecule has 0 radical (unpaired) electrons. The Balaban J connectivity index is 1.25. The molecule has 0 N–H and O–H groups in total. The highest BCUT2D eigenvalue weighted by atomic mass is 35.5. The van der Waals surface area contributed by atoms with Crippen LogP contribution in [0.3, 0.4) is 0 Å². The van der Waals surface area contributed by atoms with Crippen molar-refractivity contribution >= 4 is 41.1 Å². The zero-order chi connectivity index (χ0) is 28.0. The van der Waals surface area contributed by atoms with Crippen LogP contribution in [0.15, 0.2) is 78.9 Å². The molecule has 1 aliphatic heterocycles. The lowest BCUT2D eigenvalue weighted by Gasteiger charge is -2.31. The van der Waals surface area contributed by atoms with Gasteiger partial charge in [-0.25, -0.2) is 9.80 Å². The van der Waals surface area contributed by atoms with E-state index < -0.39 is 47.9 Å². The van der Waals surface area contributed by atoms with Gasteiger partial charge in [-0.05, 0) is 79.6 Å². The van der Waals surface area contributed by atoms with Crippen LogP contribution in [0.5, 0.6) is 5.75 Å². The van der Waals surface area contributed by atoms with Crippen molar-refractivity contribution in [1.82, 2.24) is 10.0 Å². The molecule has 2 aliphatic carbocycles. The van der Waals surface area contributed by atoms with Crippen molar-refractivity contribution in [3.63, 3.8) is 0 Å². The van der Waals surface area contributed by atoms with Crippen LogP contribution in [-0.2, 0) is 9.59 Å². The quantitative estimate of drug-likeness (QED) is 0.179. The molecule has 40 heavy (non-hydrogen) atoms. The maximum Gasteiger partial charge on any atom is 0.343 e. The number of carbonyl (C=O) groups is 5. The van der Waals surface area contributed by atoms with E-state index in [1.54, 1.807) is 42.5 Å². The van der Waals surface area contributed by atoms with E-state index in [0.717, 1.165) is 29.3 Å². The second kappa shape index (κ2) is 10.4. The predicted octanol–water partition coefficient (Wildman–Crippen LogP) is 4.83. The van der Waals surface area contributed by atoms with Gasteiger partial charge in [0.2, 0.25) is 0 Å². The Kier molecular flexibility index (Phi) is 6.72. The average molecular weight is 557 g/mol. The molecule has 3 amide bonds. The van der Waals surface area contributed by atoms with Gasteiger partial charge < -0.3 is 4.74 Å². The summed E-state index contributed by atoms with van der Waals surface area (Å²) in [7, 11) is 0. The van der Waals surface area contributed by atoms with Crippen LogP contribution in [0.2, 0.25) is 5.02 Å². The van der Waals surface area contributed by atoms with Gasteiger partial charge in [-0.15, -0.1) is 0 Å². The van der Waals surface area contributed by atoms with Crippen LogP contribution in [0.1, 0.15) is 50.3 Å². The van der Waals surface area contributed by atoms with Crippen molar-refractivity contribution in [3.05, 3.63) is 101 Å². The zero-order valence-corrected chi connectivity index (χ0v) is 22.1. The van der Waals surface area contributed by atoms with Crippen LogP contribution >= 0.6 is 11.6 Å². The van der Waals surface area contributed by atoms with E-state index in [1.807, 2.05) is 0 Å². The van der Waals surface area contributed by atoms with Gasteiger partial charge in [0, 0.05) is 5.56 Å². The third kappa shape index (κ3) is 4.48. The molecule has 3 aromatic carbocycles. The number of nitrogens with zero attached hydrogens (tertiary/aromatic N) is 2. The van der Waals surface area contributed by atoms with E-state index in [0.29, 0.717) is 5.56 Å². The van der Waals surface area contributed by atoms with Crippen LogP contribution < -0.4 is 4.74 Å². The number of Topliss-reactive ketones (excluding diaryl/α,β-unsaturated/α-hetero) is 1. The number of rotatable bonds is 7. The Bertz CT molecular complexity index is 1490. The lowest BCUT2D eigenvalue weighted by Crippen LogP contribution is -2.52. The molecule has 1 heterocycles. The van der Waals surface area contributed by atoms with Crippen molar-refractivity contribution in [1.29, 1.82) is 0 Å². The lowest BCUT2D eigenvalue weighted by molar-refractivity contribution is -0.155. The molecule has 3 fully saturated rings. The molecule has 6 rings (SSSR count). The molecule has 0 unspecified atom stereocenters. The number of esters is 1. The van der Waals surface area contributed by atoms with Crippen molar-refractivity contribution in [2.24, 2.45) is 23.7 Å². The molecule has 9 heteroatoms. The van der Waals surface area contributed by atoms with E-state index in [9.17, 15) is 24.0 Å². The van der Waals surface area contributed by atoms with Crippen molar-refractivity contribution in [2.45, 2.75) is 19.3 Å². The van der Waals surface area contributed by atoms with Crippen LogP contribution in [-0.4, -0.2) is 46.0 Å². The highest BCUT2D eigenvalue weighted by Gasteiger charge is 2.62. The van der Waals surface area contributed by atoms with Gasteiger partial charge >= 0.3 is 5.97 Å². The molecule has 2 bridgehead atoms. The number of amides is 3. The molecule has 202 valence electrons. The van der Waals surface area contributed by atoms with Crippen molar-refractivity contribution in [3.8, 4) is 5.75 Å². The normalized spacial score (nSPS) is 22.8. The molecular formula is C31H25ClN2O6. The second-order valence-electron chi connectivity index (χ2n) is 10.4. The Labute approximate surface area is 235 Å². The standard InChI is InChI=1S/C31H25ClN2O6/c32-24-9-5-4-8-23(24)28(36)33(34-29(37)26-20-10-11-21(16-20)27(26)30(34)38)17-25(35)18-12-14-22(15-13-18)40-31(39)19-6-2-1-3-7-19/h1-9,12-15,20-21,26-27H,10-11,16-17H2/t20-,21-,26-,27+/m0/s1. The second-order valence-corrected chi connectivity index (χ2v) is 10.8. The maximum absolute atomic E-state index is 13.7. The minimum Gasteiger partial charge on any atom is -0.423 e. The van der Waals surface area contributed by atoms with Crippen LogP contribution in [0.4, 0.5) is 0 Å². The molecule has 2 saturated carbocycles. The van der Waals surface area contributed by atoms with Gasteiger partial charge in [-0.1, -0.05) is 41.9 Å². The van der Waals surface area contributed by atoms with Gasteiger partial charge in [0.1, 0.15) is 12.3 Å². The summed E-state index contributed by atoms with van der Waals surface area (Å²) in [5, 5.41) is 1.98. The first-order valence-corrected chi connectivity index (χ1v) is 13.6. The number of ether oxygens (including phenoxy) is 1. The highest BCUT2D eigenvalue weighted by molar-refractivity contribution is 6.34. The summed E-state index contributed by atoms with van der Waals surface area (Å²) in [6.07, 6.45) is 2.62. The summed E-state index contributed by atoms with van der Waals surface area (Å²) in [5.74, 6) is -3.04. The van der Waals surface area contributed by atoms with Crippen molar-refractivity contribution in [2.75, 3.05) is 6.54 Å². The summed E-state index contributed by atoms with van der Waals surface area (Å²) >= 11 is 6.29. The number of imide groups is 1. The third-order valence-corrected chi connectivity index (χ3v) is 8.50. The fourth-order valence-corrected chi connectivity index (χ4v) is 6.53. The number of hydrogen-bond acceptors (Lipinski definition) is 6. The number of fused-ring (bicyclic) bond motifs is 5. The summed E-state index contributed by atoms with van der Waals surface area (Å²) in [5.41, 5.74) is 0.686. The fraction of sp³-hybridized carbons (Fsp3) is 0.258. The number of ketones is 1. The number of hydrazine groups is 1. The zero-order valence-electron chi connectivity index (χ0n) is 21.4. The van der Waals surface area contributed by atoms with Gasteiger partial charge in [0.05, 0.1) is 28.0 Å². The smallest absolute Gasteiger partial charge is 0.343 e. The molecule has 0 spiro atoms. The molecule has 3 aromatic rings. The average Bonchev–Trinajstić information content (AvgIpc) is 3.66. The monoisotopic (exact) mass is 556 g/mol. The van der Waals surface area contributed by atoms with Crippen LogP contribution in [0.25, 0.3) is 0 Å². The minimum atomic E-state index is -0.707. The molecule has 0 aromatic heterocycles. The summed E-state index contributed by atoms with van der Waals surface area (Å²) in [6.45, 7) is -0.542. The Morgan fingerprint density at radius 1 is 0.800 bits per heavy atom. The summed E-state index contributed by atoms with van der Waals surface area (Å²) < 4.78 is 5.38. The number of benzene rings is 3. The highest BCUT2D eigenvalue weighted by Crippen LogP contribution is 2.56. The third-order valence-electron chi connectivity index (χ3n) is 8.17. The van der Waals surface area contributed by atoms with E-state index in [1.165, 1.54) is 36.4 Å². The molecule has 1 saturated heterocycles. The van der Waals surface area contributed by atoms with Gasteiger partial charge in [0.25, 0.3) is 17.7 Å². The molecule has 8 nitrogen and oxygen atoms in total. The first-order chi connectivity index (χ1) is 19.3. The first-order valence-electron chi connectivity index (χ1n) is 13.2. The predicted molar refractivity (Wildman–Crippen MR) is 144 cm³/mol. The largest absolute Gasteiger partial charge is 0.423 e. The minimum absolute atomic E-state index is 0.0840. The number of halogens is 1. The first kappa shape index (κ1) is 26.0.